The van der Waals surface area contributed by atoms with Gasteiger partial charge in [-0.1, -0.05) is 11.6 Å². The number of aromatic nitrogens is 1. The molecular weight excluding hydrogens is 285 g/mol. The molecule has 0 radical (unpaired) electrons. The van der Waals surface area contributed by atoms with Crippen LogP contribution in [0, 0.1) is 11.3 Å². The van der Waals surface area contributed by atoms with Crippen molar-refractivity contribution in [3.8, 4) is 6.07 Å². The van der Waals surface area contributed by atoms with Crippen LogP contribution in [0.15, 0.2) is 11.1 Å². The number of rotatable bonds is 2. The fraction of sp³-hybridized carbons (Fsp3) is 0.143. The van der Waals surface area contributed by atoms with Crippen molar-refractivity contribution in [2.24, 2.45) is 0 Å². The van der Waals surface area contributed by atoms with Crippen LogP contribution < -0.4 is 0 Å². The molecule has 0 aliphatic rings. The summed E-state index contributed by atoms with van der Waals surface area (Å²) in [5, 5.41) is 7.05. The Kier molecular flexibility index (Phi) is 3.68. The molecule has 0 amide bonds. The van der Waals surface area contributed by atoms with Gasteiger partial charge in [-0.2, -0.15) is 5.26 Å². The number of halogens is 4. The van der Waals surface area contributed by atoms with E-state index < -0.39 is 36.8 Å². The third-order valence-corrected chi connectivity index (χ3v) is 3.07. The molecule has 0 aromatic carbocycles. The van der Waals surface area contributed by atoms with E-state index >= 15 is 0 Å². The first kappa shape index (κ1) is 13.1. The molecule has 0 spiro atoms. The lowest BCUT2D eigenvalue weighted by molar-refractivity contribution is 0.151. The molecule has 1 aromatic heterocycles. The molecule has 0 unspecified atom stereocenters. The van der Waals surface area contributed by atoms with Crippen molar-refractivity contribution < 1.29 is 17.2 Å². The Morgan fingerprint density at radius 3 is 2.44 bits per heavy atom. The van der Waals surface area contributed by atoms with E-state index in [1.165, 1.54) is 6.07 Å². The predicted molar refractivity (Wildman–Crippen MR) is 52.0 cm³/mol. The predicted octanol–water partition coefficient (Wildman–Crippen LogP) is 2.47. The summed E-state index contributed by atoms with van der Waals surface area (Å²) >= 11 is 5.34. The van der Waals surface area contributed by atoms with Crippen molar-refractivity contribution in [1.82, 2.24) is 4.98 Å². The van der Waals surface area contributed by atoms with Gasteiger partial charge in [-0.15, -0.1) is 0 Å². The monoisotopic (exact) mass is 286 g/mol. The van der Waals surface area contributed by atoms with Crippen LogP contribution in [0.2, 0.25) is 5.15 Å². The van der Waals surface area contributed by atoms with Gasteiger partial charge < -0.3 is 0 Å². The number of nitrogens with zero attached hydrogens (tertiary/aromatic N) is 2. The number of pyridine rings is 1. The third-order valence-electron chi connectivity index (χ3n) is 1.55. The fourth-order valence-corrected chi connectivity index (χ4v) is 2.10. The quantitative estimate of drug-likeness (QED) is 0.618. The lowest BCUT2D eigenvalue weighted by atomic mass is 10.2. The number of alkyl halides is 2. The molecule has 0 fully saturated rings. The van der Waals surface area contributed by atoms with Crippen molar-refractivity contribution >= 4 is 31.3 Å². The highest BCUT2D eigenvalue weighted by Gasteiger charge is 2.23. The van der Waals surface area contributed by atoms with Crippen LogP contribution >= 0.6 is 22.3 Å². The molecule has 0 aliphatic heterocycles. The molecule has 1 heterocycles. The maximum Gasteiger partial charge on any atom is 0.280 e. The van der Waals surface area contributed by atoms with Crippen LogP contribution in [0.25, 0.3) is 0 Å². The van der Waals surface area contributed by atoms with Gasteiger partial charge in [-0.3, -0.25) is 0 Å². The lowest BCUT2D eigenvalue weighted by Gasteiger charge is -2.05. The summed E-state index contributed by atoms with van der Waals surface area (Å²) in [6, 6.07) is 2.05. The van der Waals surface area contributed by atoms with Crippen LogP contribution in [0.5, 0.6) is 0 Å². The number of hydrogen-bond donors (Lipinski definition) is 0. The van der Waals surface area contributed by atoms with E-state index in [2.05, 4.69) is 4.98 Å². The molecular formula is C7H2Cl2F2N2O2S. The molecule has 86 valence electrons. The van der Waals surface area contributed by atoms with Gasteiger partial charge in [0, 0.05) is 10.7 Å². The fourth-order valence-electron chi connectivity index (χ4n) is 0.910. The smallest absolute Gasteiger partial charge is 0.221 e. The normalized spacial score (nSPS) is 11.5. The van der Waals surface area contributed by atoms with Gasteiger partial charge in [0.2, 0.25) is 0 Å². The van der Waals surface area contributed by atoms with Gasteiger partial charge >= 0.3 is 0 Å². The minimum Gasteiger partial charge on any atom is -0.221 e. The average molecular weight is 287 g/mol. The summed E-state index contributed by atoms with van der Waals surface area (Å²) in [7, 11) is 0.658. The topological polar surface area (TPSA) is 70.8 Å². The molecule has 4 nitrogen and oxygen atoms in total. The first-order chi connectivity index (χ1) is 7.27. The molecule has 1 aromatic rings. The summed E-state index contributed by atoms with van der Waals surface area (Å²) in [5.74, 6) is 0. The Balaban J connectivity index is 3.59. The molecule has 0 N–H and O–H groups in total. The van der Waals surface area contributed by atoms with Crippen molar-refractivity contribution in [1.29, 1.82) is 5.26 Å². The second-order valence-electron chi connectivity index (χ2n) is 2.57. The van der Waals surface area contributed by atoms with Gasteiger partial charge in [-0.25, -0.2) is 22.2 Å². The van der Waals surface area contributed by atoms with Crippen LogP contribution in [0.1, 0.15) is 17.6 Å². The van der Waals surface area contributed by atoms with E-state index in [1.54, 1.807) is 0 Å². The Hall–Kier alpha value is -0.970. The maximum absolute atomic E-state index is 12.4. The molecule has 0 atom stereocenters. The third kappa shape index (κ3) is 2.58. The highest BCUT2D eigenvalue weighted by atomic mass is 35.7. The largest absolute Gasteiger partial charge is 0.280 e. The van der Waals surface area contributed by atoms with E-state index in [0.717, 1.165) is 0 Å². The number of nitriles is 1. The summed E-state index contributed by atoms with van der Waals surface area (Å²) in [6.45, 7) is 0. The van der Waals surface area contributed by atoms with Crippen molar-refractivity contribution in [3.05, 3.63) is 22.3 Å². The zero-order valence-corrected chi connectivity index (χ0v) is 9.61. The summed E-state index contributed by atoms with van der Waals surface area (Å²) in [5.41, 5.74) is -1.29. The first-order valence-corrected chi connectivity index (χ1v) is 6.29. The van der Waals surface area contributed by atoms with Gasteiger partial charge in [0.15, 0.2) is 5.03 Å². The SMILES string of the molecule is N#Cc1cc(C(F)F)c(Cl)nc1S(=O)(=O)Cl. The van der Waals surface area contributed by atoms with Gasteiger partial charge in [0.25, 0.3) is 15.5 Å². The zero-order valence-electron chi connectivity index (χ0n) is 7.29. The molecule has 0 saturated carbocycles. The second-order valence-corrected chi connectivity index (χ2v) is 5.41. The van der Waals surface area contributed by atoms with Crippen molar-refractivity contribution in [2.75, 3.05) is 0 Å². The van der Waals surface area contributed by atoms with Crippen LogP contribution in [0.3, 0.4) is 0 Å². The Labute approximate surface area is 98.8 Å². The highest BCUT2D eigenvalue weighted by Crippen LogP contribution is 2.29. The van der Waals surface area contributed by atoms with E-state index in [9.17, 15) is 17.2 Å². The summed E-state index contributed by atoms with van der Waals surface area (Å²) < 4.78 is 46.6. The first-order valence-electron chi connectivity index (χ1n) is 3.60. The minimum absolute atomic E-state index is 0.574. The van der Waals surface area contributed by atoms with Gasteiger partial charge in [0.1, 0.15) is 11.2 Å². The molecule has 16 heavy (non-hydrogen) atoms. The van der Waals surface area contributed by atoms with E-state index in [0.29, 0.717) is 6.07 Å². The Bertz CT molecular complexity index is 568. The van der Waals surface area contributed by atoms with E-state index in [-0.39, 0.29) is 0 Å². The standard InChI is InChI=1S/C7H2Cl2F2N2O2S/c8-5-4(6(10)11)1-3(2-12)7(13-5)16(9,14)15/h1,6H. The van der Waals surface area contributed by atoms with E-state index in [1.807, 2.05) is 0 Å². The zero-order chi connectivity index (χ0) is 12.5. The summed E-state index contributed by atoms with van der Waals surface area (Å²) in [6.07, 6.45) is -2.96. The molecule has 0 bridgehead atoms. The van der Waals surface area contributed by atoms with Gasteiger partial charge in [0.05, 0.1) is 11.1 Å². The average Bonchev–Trinajstić information content (AvgIpc) is 2.15. The maximum atomic E-state index is 12.4. The van der Waals surface area contributed by atoms with Crippen LogP contribution in [-0.4, -0.2) is 13.4 Å². The van der Waals surface area contributed by atoms with Crippen LogP contribution in [0.4, 0.5) is 8.78 Å². The molecule has 9 heteroatoms. The van der Waals surface area contributed by atoms with Gasteiger partial charge in [-0.05, 0) is 6.07 Å². The lowest BCUT2D eigenvalue weighted by Crippen LogP contribution is -2.02. The Morgan fingerprint density at radius 2 is 2.06 bits per heavy atom. The second kappa shape index (κ2) is 4.49. The highest BCUT2D eigenvalue weighted by molar-refractivity contribution is 8.13. The van der Waals surface area contributed by atoms with Crippen LogP contribution in [-0.2, 0) is 9.05 Å². The minimum atomic E-state index is -4.30. The number of hydrogen-bond acceptors (Lipinski definition) is 4. The summed E-state index contributed by atoms with van der Waals surface area (Å²) in [4.78, 5) is 3.18. The van der Waals surface area contributed by atoms with Crippen molar-refractivity contribution in [2.45, 2.75) is 11.5 Å². The molecule has 0 aliphatic carbocycles. The van der Waals surface area contributed by atoms with E-state index in [4.69, 9.17) is 27.5 Å². The molecule has 1 rings (SSSR count). The molecule has 0 saturated heterocycles. The van der Waals surface area contributed by atoms with Crippen molar-refractivity contribution in [3.63, 3.8) is 0 Å². The Morgan fingerprint density at radius 1 is 1.50 bits per heavy atom.